The summed E-state index contributed by atoms with van der Waals surface area (Å²) >= 11 is 4.56. The number of nitrogens with zero attached hydrogens (tertiary/aromatic N) is 4. The maximum Gasteiger partial charge on any atom is 0.221 e. The van der Waals surface area contributed by atoms with Gasteiger partial charge in [-0.3, -0.25) is 4.79 Å². The fraction of sp³-hybridized carbons (Fsp3) is 0.125. The van der Waals surface area contributed by atoms with Crippen molar-refractivity contribution in [2.75, 3.05) is 5.32 Å². The normalized spacial score (nSPS) is 10.7. The van der Waals surface area contributed by atoms with Crippen LogP contribution in [0.1, 0.15) is 12.5 Å². The van der Waals surface area contributed by atoms with Crippen LogP contribution in [0, 0.1) is 5.82 Å². The molecule has 0 saturated heterocycles. The number of thioether (sulfide) groups is 1. The van der Waals surface area contributed by atoms with Crippen LogP contribution in [0.15, 0.2) is 52.1 Å². The molecule has 0 radical (unpaired) electrons. The monoisotopic (exact) mass is 421 g/mol. The van der Waals surface area contributed by atoms with E-state index in [1.807, 2.05) is 6.07 Å². The highest BCUT2D eigenvalue weighted by molar-refractivity contribution is 9.10. The number of tetrazole rings is 1. The highest BCUT2D eigenvalue weighted by Gasteiger charge is 2.12. The van der Waals surface area contributed by atoms with Crippen molar-refractivity contribution in [3.63, 3.8) is 0 Å². The third-order valence-corrected chi connectivity index (χ3v) is 4.69. The van der Waals surface area contributed by atoms with Gasteiger partial charge in [0.1, 0.15) is 5.82 Å². The zero-order chi connectivity index (χ0) is 17.8. The maximum atomic E-state index is 13.9. The molecule has 2 aromatic carbocycles. The predicted molar refractivity (Wildman–Crippen MR) is 97.1 cm³/mol. The molecule has 25 heavy (non-hydrogen) atoms. The van der Waals surface area contributed by atoms with Gasteiger partial charge in [-0.15, -0.1) is 5.10 Å². The summed E-state index contributed by atoms with van der Waals surface area (Å²) in [4.78, 5) is 11.2. The summed E-state index contributed by atoms with van der Waals surface area (Å²) in [6.45, 7) is 1.44. The van der Waals surface area contributed by atoms with Crippen molar-refractivity contribution in [1.29, 1.82) is 0 Å². The molecule has 0 saturated carbocycles. The molecule has 0 atom stereocenters. The molecular formula is C16H13BrFN5OS. The van der Waals surface area contributed by atoms with E-state index in [0.29, 0.717) is 32.3 Å². The zero-order valence-electron chi connectivity index (χ0n) is 13.1. The second kappa shape index (κ2) is 7.75. The number of halogens is 2. The van der Waals surface area contributed by atoms with Crippen molar-refractivity contribution < 1.29 is 9.18 Å². The molecule has 0 spiro atoms. The van der Waals surface area contributed by atoms with Gasteiger partial charge in [0.2, 0.25) is 11.1 Å². The Labute approximate surface area is 155 Å². The van der Waals surface area contributed by atoms with Crippen LogP contribution >= 0.6 is 27.7 Å². The lowest BCUT2D eigenvalue weighted by Gasteiger charge is -2.07. The third kappa shape index (κ3) is 4.43. The maximum absolute atomic E-state index is 13.9. The number of carbonyl (C=O) groups excluding carboxylic acids is 1. The number of rotatable bonds is 5. The van der Waals surface area contributed by atoms with Crippen molar-refractivity contribution in [3.8, 4) is 5.69 Å². The Bertz CT molecular complexity index is 917. The summed E-state index contributed by atoms with van der Waals surface area (Å²) in [6, 6.07) is 12.1. The lowest BCUT2D eigenvalue weighted by atomic mass is 10.2. The van der Waals surface area contributed by atoms with Crippen molar-refractivity contribution in [1.82, 2.24) is 20.2 Å². The molecule has 1 amide bonds. The van der Waals surface area contributed by atoms with E-state index in [2.05, 4.69) is 36.8 Å². The summed E-state index contributed by atoms with van der Waals surface area (Å²) in [5.41, 5.74) is 1.92. The van der Waals surface area contributed by atoms with Crippen LogP contribution in [0.2, 0.25) is 0 Å². The van der Waals surface area contributed by atoms with E-state index in [0.717, 1.165) is 0 Å². The van der Waals surface area contributed by atoms with Gasteiger partial charge in [0.15, 0.2) is 0 Å². The van der Waals surface area contributed by atoms with E-state index >= 15 is 0 Å². The van der Waals surface area contributed by atoms with Gasteiger partial charge < -0.3 is 5.32 Å². The molecule has 128 valence electrons. The Morgan fingerprint density at radius 3 is 2.92 bits per heavy atom. The molecular weight excluding hydrogens is 409 g/mol. The van der Waals surface area contributed by atoms with E-state index in [4.69, 9.17) is 0 Å². The molecule has 0 aliphatic rings. The number of nitrogens with one attached hydrogen (secondary N) is 1. The van der Waals surface area contributed by atoms with Gasteiger partial charge >= 0.3 is 0 Å². The number of amides is 1. The van der Waals surface area contributed by atoms with Gasteiger partial charge in [0.25, 0.3) is 0 Å². The first-order chi connectivity index (χ1) is 12.0. The smallest absolute Gasteiger partial charge is 0.221 e. The minimum Gasteiger partial charge on any atom is -0.326 e. The molecule has 1 heterocycles. The first kappa shape index (κ1) is 17.6. The summed E-state index contributed by atoms with van der Waals surface area (Å²) in [5.74, 6) is -0.0482. The van der Waals surface area contributed by atoms with Crippen LogP contribution in [-0.2, 0) is 10.5 Å². The number of benzene rings is 2. The topological polar surface area (TPSA) is 72.7 Å². The molecule has 0 unspecified atom stereocenters. The van der Waals surface area contributed by atoms with Gasteiger partial charge in [-0.2, -0.15) is 4.68 Å². The second-order valence-electron chi connectivity index (χ2n) is 5.13. The average Bonchev–Trinajstić information content (AvgIpc) is 3.02. The minimum absolute atomic E-state index is 0.158. The first-order valence-electron chi connectivity index (χ1n) is 7.26. The number of hydrogen-bond acceptors (Lipinski definition) is 5. The number of hydrogen-bond donors (Lipinski definition) is 1. The summed E-state index contributed by atoms with van der Waals surface area (Å²) in [5, 5.41) is 14.9. The Morgan fingerprint density at radius 2 is 2.16 bits per heavy atom. The standard InChI is InChI=1S/C16H13BrFN5OS/c1-10(24)19-13-3-2-4-14(8-13)23-16(20-21-22-23)25-9-11-5-6-12(17)7-15(11)18/h2-8H,9H2,1H3,(H,19,24). The molecule has 3 aromatic rings. The molecule has 3 rings (SSSR count). The number of aromatic nitrogens is 4. The molecule has 0 fully saturated rings. The zero-order valence-corrected chi connectivity index (χ0v) is 15.5. The SMILES string of the molecule is CC(=O)Nc1cccc(-n2nnnc2SCc2ccc(Br)cc2F)c1. The fourth-order valence-electron chi connectivity index (χ4n) is 2.13. The lowest BCUT2D eigenvalue weighted by molar-refractivity contribution is -0.114. The molecule has 0 aliphatic heterocycles. The summed E-state index contributed by atoms with van der Waals surface area (Å²) in [6.07, 6.45) is 0. The molecule has 1 N–H and O–H groups in total. The Hall–Kier alpha value is -2.26. The Kier molecular flexibility index (Phi) is 5.44. The summed E-state index contributed by atoms with van der Waals surface area (Å²) in [7, 11) is 0. The van der Waals surface area contributed by atoms with E-state index in [1.54, 1.807) is 35.0 Å². The average molecular weight is 422 g/mol. The highest BCUT2D eigenvalue weighted by Crippen LogP contribution is 2.26. The largest absolute Gasteiger partial charge is 0.326 e. The molecule has 0 bridgehead atoms. The van der Waals surface area contributed by atoms with Gasteiger partial charge in [-0.25, -0.2) is 4.39 Å². The predicted octanol–water partition coefficient (Wildman–Crippen LogP) is 3.81. The number of anilines is 1. The van der Waals surface area contributed by atoms with Crippen LogP contribution in [0.3, 0.4) is 0 Å². The minimum atomic E-state index is -0.284. The van der Waals surface area contributed by atoms with Crippen LogP contribution < -0.4 is 5.32 Å². The van der Waals surface area contributed by atoms with E-state index in [1.165, 1.54) is 24.8 Å². The van der Waals surface area contributed by atoms with E-state index in [9.17, 15) is 9.18 Å². The Balaban J connectivity index is 1.80. The molecule has 0 aliphatic carbocycles. The molecule has 1 aromatic heterocycles. The van der Waals surface area contributed by atoms with Gasteiger partial charge in [-0.05, 0) is 46.3 Å². The van der Waals surface area contributed by atoms with Crippen molar-refractivity contribution in [3.05, 3.63) is 58.3 Å². The van der Waals surface area contributed by atoms with Crippen LogP contribution in [0.4, 0.5) is 10.1 Å². The van der Waals surface area contributed by atoms with Gasteiger partial charge in [0.05, 0.1) is 5.69 Å². The van der Waals surface area contributed by atoms with Crippen LogP contribution in [-0.4, -0.2) is 26.1 Å². The summed E-state index contributed by atoms with van der Waals surface area (Å²) < 4.78 is 16.2. The van der Waals surface area contributed by atoms with Gasteiger partial charge in [0, 0.05) is 22.8 Å². The van der Waals surface area contributed by atoms with Crippen molar-refractivity contribution >= 4 is 39.3 Å². The quantitative estimate of drug-likeness (QED) is 0.633. The van der Waals surface area contributed by atoms with Crippen molar-refractivity contribution in [2.24, 2.45) is 0 Å². The molecule has 9 heteroatoms. The second-order valence-corrected chi connectivity index (χ2v) is 6.99. The first-order valence-corrected chi connectivity index (χ1v) is 9.04. The Morgan fingerprint density at radius 1 is 1.32 bits per heavy atom. The lowest BCUT2D eigenvalue weighted by Crippen LogP contribution is -2.07. The van der Waals surface area contributed by atoms with Gasteiger partial charge in [-0.1, -0.05) is 39.8 Å². The highest BCUT2D eigenvalue weighted by atomic mass is 79.9. The molecule has 6 nitrogen and oxygen atoms in total. The third-order valence-electron chi connectivity index (χ3n) is 3.22. The van der Waals surface area contributed by atoms with E-state index < -0.39 is 0 Å². The van der Waals surface area contributed by atoms with Crippen molar-refractivity contribution in [2.45, 2.75) is 17.8 Å². The van der Waals surface area contributed by atoms with E-state index in [-0.39, 0.29) is 11.7 Å². The fourth-order valence-corrected chi connectivity index (χ4v) is 3.34. The number of carbonyl (C=O) groups is 1. The van der Waals surface area contributed by atoms with Crippen LogP contribution in [0.5, 0.6) is 0 Å². The van der Waals surface area contributed by atoms with Crippen LogP contribution in [0.25, 0.3) is 5.69 Å².